The van der Waals surface area contributed by atoms with Crippen LogP contribution in [0.4, 0.5) is 4.39 Å². The fourth-order valence-corrected chi connectivity index (χ4v) is 4.48. The molecule has 42 heavy (non-hydrogen) atoms. The van der Waals surface area contributed by atoms with Gasteiger partial charge in [0.1, 0.15) is 28.2 Å². The topological polar surface area (TPSA) is 136 Å². The van der Waals surface area contributed by atoms with E-state index >= 15 is 0 Å². The van der Waals surface area contributed by atoms with Crippen LogP contribution in [0.15, 0.2) is 94.8 Å². The summed E-state index contributed by atoms with van der Waals surface area (Å²) in [7, 11) is 0. The maximum atomic E-state index is 13.0. The van der Waals surface area contributed by atoms with E-state index in [-0.39, 0.29) is 48.9 Å². The Balaban J connectivity index is 0.000000168. The zero-order valence-electron chi connectivity index (χ0n) is 22.1. The van der Waals surface area contributed by atoms with Crippen molar-refractivity contribution in [1.82, 2.24) is 29.1 Å². The highest BCUT2D eigenvalue weighted by Crippen LogP contribution is 2.19. The predicted molar refractivity (Wildman–Crippen MR) is 158 cm³/mol. The molecule has 0 atom stereocenters. The van der Waals surface area contributed by atoms with Crippen LogP contribution in [0, 0.1) is 5.82 Å². The first-order chi connectivity index (χ1) is 20.4. The molecule has 6 rings (SSSR count). The van der Waals surface area contributed by atoms with Crippen molar-refractivity contribution < 1.29 is 14.6 Å². The molecule has 0 unspecified atom stereocenters. The maximum Gasteiger partial charge on any atom is 0.278 e. The number of aromatic nitrogens is 6. The van der Waals surface area contributed by atoms with E-state index in [1.165, 1.54) is 33.4 Å². The van der Waals surface area contributed by atoms with Crippen LogP contribution in [0.5, 0.6) is 0 Å². The summed E-state index contributed by atoms with van der Waals surface area (Å²) in [5, 5.41) is 18.9. The van der Waals surface area contributed by atoms with E-state index in [2.05, 4.69) is 19.9 Å². The Morgan fingerprint density at radius 1 is 0.667 bits per heavy atom. The molecule has 0 radical (unpaired) electrons. The van der Waals surface area contributed by atoms with Gasteiger partial charge in [0.05, 0.1) is 26.3 Å². The summed E-state index contributed by atoms with van der Waals surface area (Å²) in [6.45, 7) is -0.0212. The molecule has 2 N–H and O–H groups in total. The lowest BCUT2D eigenvalue weighted by Crippen LogP contribution is -2.25. The van der Waals surface area contributed by atoms with E-state index < -0.39 is 0 Å². The fourth-order valence-electron chi connectivity index (χ4n) is 4.36. The lowest BCUT2D eigenvalue weighted by Gasteiger charge is -2.10. The number of hydrogen-bond acceptors (Lipinski definition) is 8. The second-order valence-corrected chi connectivity index (χ2v) is 9.42. The molecule has 0 amide bonds. The molecule has 0 saturated carbocycles. The summed E-state index contributed by atoms with van der Waals surface area (Å²) in [5.74, 6) is -0.378. The minimum atomic E-state index is -0.378. The molecule has 2 aromatic carbocycles. The van der Waals surface area contributed by atoms with E-state index in [9.17, 15) is 19.1 Å². The van der Waals surface area contributed by atoms with Gasteiger partial charge in [-0.05, 0) is 60.7 Å². The average Bonchev–Trinajstić information content (AvgIpc) is 3.01. The number of benzene rings is 2. The molecule has 0 fully saturated rings. The Bertz CT molecular complexity index is 1830. The molecule has 4 aromatic heterocycles. The predicted octanol–water partition coefficient (Wildman–Crippen LogP) is 3.69. The molecular weight excluding hydrogens is 563 g/mol. The van der Waals surface area contributed by atoms with Crippen molar-refractivity contribution >= 4 is 33.9 Å². The van der Waals surface area contributed by atoms with Crippen LogP contribution in [0.3, 0.4) is 0 Å². The first-order valence-corrected chi connectivity index (χ1v) is 13.2. The number of pyridine rings is 2. The highest BCUT2D eigenvalue weighted by Gasteiger charge is 2.14. The Labute approximate surface area is 243 Å². The van der Waals surface area contributed by atoms with Gasteiger partial charge < -0.3 is 10.2 Å². The smallest absolute Gasteiger partial charge is 0.278 e. The normalized spacial score (nSPS) is 11.0. The second-order valence-electron chi connectivity index (χ2n) is 8.99. The number of nitrogens with zero attached hydrogens (tertiary/aromatic N) is 6. The summed E-state index contributed by atoms with van der Waals surface area (Å²) >= 11 is 5.87. The summed E-state index contributed by atoms with van der Waals surface area (Å²) in [5.41, 5.74) is 3.14. The van der Waals surface area contributed by atoms with E-state index in [1.807, 2.05) is 0 Å². The minimum Gasteiger partial charge on any atom is -0.395 e. The van der Waals surface area contributed by atoms with Gasteiger partial charge in [0.25, 0.3) is 11.1 Å². The van der Waals surface area contributed by atoms with Gasteiger partial charge in [0.2, 0.25) is 0 Å². The van der Waals surface area contributed by atoms with Crippen LogP contribution >= 0.6 is 11.6 Å². The number of aliphatic hydroxyl groups is 2. The lowest BCUT2D eigenvalue weighted by molar-refractivity contribution is 0.275. The van der Waals surface area contributed by atoms with Crippen LogP contribution in [-0.4, -0.2) is 52.5 Å². The highest BCUT2D eigenvalue weighted by molar-refractivity contribution is 6.30. The second kappa shape index (κ2) is 12.8. The lowest BCUT2D eigenvalue weighted by atomic mass is 10.1. The Kier molecular flexibility index (Phi) is 8.72. The number of fused-ring (bicyclic) bond motifs is 2. The third-order valence-electron chi connectivity index (χ3n) is 6.29. The molecule has 0 spiro atoms. The Morgan fingerprint density at radius 3 is 1.52 bits per heavy atom. The van der Waals surface area contributed by atoms with Crippen molar-refractivity contribution in [3.8, 4) is 22.5 Å². The van der Waals surface area contributed by atoms with Gasteiger partial charge in [-0.3, -0.25) is 18.7 Å². The molecular formula is C30H24ClFN6O4. The quantitative estimate of drug-likeness (QED) is 0.302. The van der Waals surface area contributed by atoms with Crippen molar-refractivity contribution in [2.24, 2.45) is 0 Å². The number of hydrogen-bond donors (Lipinski definition) is 2. The third-order valence-corrected chi connectivity index (χ3v) is 6.54. The monoisotopic (exact) mass is 586 g/mol. The maximum absolute atomic E-state index is 13.0. The summed E-state index contributed by atoms with van der Waals surface area (Å²) in [4.78, 5) is 42.1. The zero-order chi connectivity index (χ0) is 29.6. The molecule has 0 aliphatic carbocycles. The number of rotatable bonds is 6. The fraction of sp³-hybridized carbons (Fsp3) is 0.133. The molecule has 10 nitrogen and oxygen atoms in total. The van der Waals surface area contributed by atoms with Gasteiger partial charge in [-0.2, -0.15) is 0 Å². The Hall–Kier alpha value is -4.84. The van der Waals surface area contributed by atoms with Crippen LogP contribution in [0.1, 0.15) is 0 Å². The first kappa shape index (κ1) is 28.7. The van der Waals surface area contributed by atoms with Gasteiger partial charge >= 0.3 is 0 Å². The minimum absolute atomic E-state index is 0.128. The van der Waals surface area contributed by atoms with Gasteiger partial charge in [0, 0.05) is 28.5 Å². The van der Waals surface area contributed by atoms with Crippen LogP contribution in [0.2, 0.25) is 5.02 Å². The van der Waals surface area contributed by atoms with E-state index in [1.54, 1.807) is 60.9 Å². The van der Waals surface area contributed by atoms with Gasteiger partial charge in [0.15, 0.2) is 11.3 Å². The zero-order valence-corrected chi connectivity index (χ0v) is 22.8. The molecule has 0 aliphatic heterocycles. The summed E-state index contributed by atoms with van der Waals surface area (Å²) in [6, 6.07) is 19.5. The number of halogens is 2. The number of aliphatic hydroxyl groups excluding tert-OH is 2. The van der Waals surface area contributed by atoms with Gasteiger partial charge in [-0.15, -0.1) is 0 Å². The third kappa shape index (κ3) is 5.93. The van der Waals surface area contributed by atoms with E-state index in [4.69, 9.17) is 16.7 Å². The summed E-state index contributed by atoms with van der Waals surface area (Å²) < 4.78 is 15.8. The van der Waals surface area contributed by atoms with Gasteiger partial charge in [-0.1, -0.05) is 23.7 Å². The molecule has 12 heteroatoms. The largest absolute Gasteiger partial charge is 0.395 e. The van der Waals surface area contributed by atoms with Crippen LogP contribution < -0.4 is 11.1 Å². The summed E-state index contributed by atoms with van der Waals surface area (Å²) in [6.07, 6.45) is 3.16. The van der Waals surface area contributed by atoms with E-state index in [0.717, 1.165) is 0 Å². The van der Waals surface area contributed by atoms with Crippen molar-refractivity contribution in [1.29, 1.82) is 0 Å². The van der Waals surface area contributed by atoms with Crippen molar-refractivity contribution in [3.63, 3.8) is 0 Å². The van der Waals surface area contributed by atoms with Crippen LogP contribution in [0.25, 0.3) is 44.8 Å². The molecule has 212 valence electrons. The van der Waals surface area contributed by atoms with Crippen molar-refractivity contribution in [3.05, 3.63) is 117 Å². The SMILES string of the molecule is O=c1c(-c2ccc(Cl)cc2)nc2cccnc2n1CCO.O=c1c(-c2ccc(F)cc2)nc2cccnc2n1CCO. The molecule has 4 heterocycles. The molecule has 0 saturated heterocycles. The Morgan fingerprint density at radius 2 is 1.10 bits per heavy atom. The highest BCUT2D eigenvalue weighted by atomic mass is 35.5. The standard InChI is InChI=1S/C15H12ClN3O2.C15H12FN3O2/c2*16-11-5-3-10(4-6-11)13-15(21)19(8-9-20)14-12(18-13)2-1-7-17-14/h2*1-7,20H,8-9H2. The first-order valence-electron chi connectivity index (χ1n) is 12.9. The van der Waals surface area contributed by atoms with Crippen molar-refractivity contribution in [2.75, 3.05) is 13.2 Å². The van der Waals surface area contributed by atoms with Gasteiger partial charge in [-0.25, -0.2) is 24.3 Å². The average molecular weight is 587 g/mol. The van der Waals surface area contributed by atoms with Crippen LogP contribution in [-0.2, 0) is 13.1 Å². The molecule has 0 bridgehead atoms. The van der Waals surface area contributed by atoms with E-state index in [0.29, 0.717) is 44.2 Å². The van der Waals surface area contributed by atoms with Crippen molar-refractivity contribution in [2.45, 2.75) is 13.1 Å². The molecule has 6 aromatic rings. The molecule has 0 aliphatic rings.